The first-order valence-electron chi connectivity index (χ1n) is 5.77. The molecule has 18 heavy (non-hydrogen) atoms. The van der Waals surface area contributed by atoms with E-state index in [0.717, 1.165) is 12.8 Å². The van der Waals surface area contributed by atoms with Gasteiger partial charge in [-0.15, -0.1) is 11.3 Å². The van der Waals surface area contributed by atoms with Crippen LogP contribution in [-0.2, 0) is 11.3 Å². The summed E-state index contributed by atoms with van der Waals surface area (Å²) < 4.78 is 0. The van der Waals surface area contributed by atoms with Crippen LogP contribution in [0.2, 0.25) is 0 Å². The van der Waals surface area contributed by atoms with E-state index in [1.165, 1.54) is 11.3 Å². The van der Waals surface area contributed by atoms with Crippen molar-refractivity contribution >= 4 is 23.2 Å². The Labute approximate surface area is 108 Å². The fourth-order valence-electron chi connectivity index (χ4n) is 1.77. The summed E-state index contributed by atoms with van der Waals surface area (Å²) in [6, 6.07) is -0.293. The summed E-state index contributed by atoms with van der Waals surface area (Å²) >= 11 is 1.33. The quantitative estimate of drug-likeness (QED) is 0.700. The van der Waals surface area contributed by atoms with Gasteiger partial charge in [0.1, 0.15) is 10.7 Å². The van der Waals surface area contributed by atoms with E-state index in [1.54, 1.807) is 5.38 Å². The zero-order valence-electron chi connectivity index (χ0n) is 9.76. The molecule has 0 radical (unpaired) electrons. The van der Waals surface area contributed by atoms with Crippen LogP contribution in [0, 0.1) is 5.92 Å². The van der Waals surface area contributed by atoms with Crippen LogP contribution < -0.4 is 11.1 Å². The van der Waals surface area contributed by atoms with E-state index >= 15 is 0 Å². The Morgan fingerprint density at radius 2 is 2.33 bits per heavy atom. The number of carbonyl (C=O) groups excluding carboxylic acids is 1. The van der Waals surface area contributed by atoms with Crippen molar-refractivity contribution < 1.29 is 14.7 Å². The van der Waals surface area contributed by atoms with E-state index in [1.807, 2.05) is 0 Å². The first-order valence-corrected chi connectivity index (χ1v) is 6.65. The SMILES string of the molecule is NCc1nc(C(=O)NC(CC(=O)O)C2CC2)cs1. The fourth-order valence-corrected chi connectivity index (χ4v) is 2.43. The van der Waals surface area contributed by atoms with Crippen molar-refractivity contribution in [1.29, 1.82) is 0 Å². The summed E-state index contributed by atoms with van der Waals surface area (Å²) in [4.78, 5) is 26.7. The summed E-state index contributed by atoms with van der Waals surface area (Å²) in [5.41, 5.74) is 5.74. The molecule has 0 aliphatic heterocycles. The number of rotatable bonds is 6. The molecule has 1 unspecified atom stereocenters. The minimum Gasteiger partial charge on any atom is -0.481 e. The maximum Gasteiger partial charge on any atom is 0.305 e. The topological polar surface area (TPSA) is 105 Å². The lowest BCUT2D eigenvalue weighted by atomic mass is 10.1. The molecule has 1 amide bonds. The molecule has 0 bridgehead atoms. The summed E-state index contributed by atoms with van der Waals surface area (Å²) in [5.74, 6) is -0.921. The van der Waals surface area contributed by atoms with Gasteiger partial charge in [0.05, 0.1) is 6.42 Å². The predicted octanol–water partition coefficient (Wildman–Crippen LogP) is 0.585. The second kappa shape index (κ2) is 5.45. The van der Waals surface area contributed by atoms with Gasteiger partial charge in [-0.05, 0) is 18.8 Å². The number of carbonyl (C=O) groups is 2. The van der Waals surface area contributed by atoms with Crippen LogP contribution in [0.4, 0.5) is 0 Å². The van der Waals surface area contributed by atoms with Crippen molar-refractivity contribution in [3.05, 3.63) is 16.1 Å². The van der Waals surface area contributed by atoms with Crippen molar-refractivity contribution in [1.82, 2.24) is 10.3 Å². The Kier molecular flexibility index (Phi) is 3.93. The molecule has 1 aromatic rings. The van der Waals surface area contributed by atoms with Gasteiger partial charge in [0, 0.05) is 18.0 Å². The number of aliphatic carboxylic acids is 1. The van der Waals surface area contributed by atoms with Gasteiger partial charge in [0.15, 0.2) is 0 Å². The number of amides is 1. The maximum absolute atomic E-state index is 11.9. The van der Waals surface area contributed by atoms with Crippen LogP contribution in [0.25, 0.3) is 0 Å². The highest BCUT2D eigenvalue weighted by molar-refractivity contribution is 7.09. The third-order valence-corrected chi connectivity index (χ3v) is 3.73. The second-order valence-electron chi connectivity index (χ2n) is 4.35. The standard InChI is InChI=1S/C11H15N3O3S/c12-4-9-13-8(5-18-9)11(17)14-7(3-10(15)16)6-1-2-6/h5-7H,1-4,12H2,(H,14,17)(H,15,16). The molecule has 7 heteroatoms. The zero-order valence-corrected chi connectivity index (χ0v) is 10.6. The minimum atomic E-state index is -0.895. The average molecular weight is 269 g/mol. The molecule has 98 valence electrons. The summed E-state index contributed by atoms with van der Waals surface area (Å²) in [5, 5.41) is 13.9. The molecular weight excluding hydrogens is 254 g/mol. The van der Waals surface area contributed by atoms with Crippen LogP contribution in [0.15, 0.2) is 5.38 Å². The molecule has 1 saturated carbocycles. The number of carboxylic acid groups (broad SMARTS) is 1. The van der Waals surface area contributed by atoms with Gasteiger partial charge in [-0.2, -0.15) is 0 Å². The molecule has 0 saturated heterocycles. The van der Waals surface area contributed by atoms with Crippen molar-refractivity contribution in [2.45, 2.75) is 31.8 Å². The van der Waals surface area contributed by atoms with Gasteiger partial charge < -0.3 is 16.2 Å². The normalized spacial score (nSPS) is 16.3. The molecule has 6 nitrogen and oxygen atoms in total. The molecule has 1 aromatic heterocycles. The van der Waals surface area contributed by atoms with E-state index in [4.69, 9.17) is 10.8 Å². The second-order valence-corrected chi connectivity index (χ2v) is 5.29. The van der Waals surface area contributed by atoms with E-state index in [0.29, 0.717) is 17.2 Å². The van der Waals surface area contributed by atoms with Crippen LogP contribution in [0.3, 0.4) is 0 Å². The summed E-state index contributed by atoms with van der Waals surface area (Å²) in [6.45, 7) is 0.305. The number of aromatic nitrogens is 1. The smallest absolute Gasteiger partial charge is 0.305 e. The Morgan fingerprint density at radius 3 is 2.83 bits per heavy atom. The number of nitrogens with two attached hydrogens (primary N) is 1. The largest absolute Gasteiger partial charge is 0.481 e. The number of hydrogen-bond acceptors (Lipinski definition) is 5. The number of thiazole rings is 1. The Balaban J connectivity index is 1.97. The lowest BCUT2D eigenvalue weighted by Crippen LogP contribution is -2.38. The van der Waals surface area contributed by atoms with Crippen LogP contribution in [0.5, 0.6) is 0 Å². The van der Waals surface area contributed by atoms with Crippen molar-refractivity contribution in [3.8, 4) is 0 Å². The van der Waals surface area contributed by atoms with Gasteiger partial charge >= 0.3 is 5.97 Å². The van der Waals surface area contributed by atoms with Crippen LogP contribution in [-0.4, -0.2) is 28.0 Å². The number of carboxylic acids is 1. The molecule has 1 fully saturated rings. The molecule has 0 aromatic carbocycles. The van der Waals surface area contributed by atoms with E-state index in [2.05, 4.69) is 10.3 Å². The molecule has 1 atom stereocenters. The fraction of sp³-hybridized carbons (Fsp3) is 0.545. The van der Waals surface area contributed by atoms with Crippen molar-refractivity contribution in [2.24, 2.45) is 11.7 Å². The molecule has 1 aliphatic rings. The third kappa shape index (κ3) is 3.27. The summed E-state index contributed by atoms with van der Waals surface area (Å²) in [6.07, 6.45) is 1.91. The monoisotopic (exact) mass is 269 g/mol. The number of hydrogen-bond donors (Lipinski definition) is 3. The van der Waals surface area contributed by atoms with Gasteiger partial charge in [-0.25, -0.2) is 4.98 Å². The molecule has 0 spiro atoms. The minimum absolute atomic E-state index is 0.0374. The van der Waals surface area contributed by atoms with E-state index < -0.39 is 5.97 Å². The molecular formula is C11H15N3O3S. The van der Waals surface area contributed by atoms with Gasteiger partial charge in [-0.3, -0.25) is 9.59 Å². The Bertz CT molecular complexity index is 456. The lowest BCUT2D eigenvalue weighted by molar-refractivity contribution is -0.137. The van der Waals surface area contributed by atoms with Gasteiger partial charge in [0.2, 0.25) is 0 Å². The van der Waals surface area contributed by atoms with Gasteiger partial charge in [-0.1, -0.05) is 0 Å². The first-order chi connectivity index (χ1) is 8.60. The van der Waals surface area contributed by atoms with Crippen LogP contribution in [0.1, 0.15) is 34.8 Å². The van der Waals surface area contributed by atoms with Crippen molar-refractivity contribution in [2.75, 3.05) is 0 Å². The number of nitrogens with zero attached hydrogens (tertiary/aromatic N) is 1. The average Bonchev–Trinajstić information content (AvgIpc) is 3.05. The Hall–Kier alpha value is -1.47. The highest BCUT2D eigenvalue weighted by atomic mass is 32.1. The highest BCUT2D eigenvalue weighted by Gasteiger charge is 2.34. The number of nitrogens with one attached hydrogen (secondary N) is 1. The highest BCUT2D eigenvalue weighted by Crippen LogP contribution is 2.34. The molecule has 1 aliphatic carbocycles. The van der Waals surface area contributed by atoms with Crippen LogP contribution >= 0.6 is 11.3 Å². The first kappa shape index (κ1) is 13.0. The molecule has 2 rings (SSSR count). The van der Waals surface area contributed by atoms with E-state index in [9.17, 15) is 9.59 Å². The third-order valence-electron chi connectivity index (χ3n) is 2.86. The van der Waals surface area contributed by atoms with Crippen molar-refractivity contribution in [3.63, 3.8) is 0 Å². The molecule has 1 heterocycles. The maximum atomic E-state index is 11.9. The van der Waals surface area contributed by atoms with Gasteiger partial charge in [0.25, 0.3) is 5.91 Å². The lowest BCUT2D eigenvalue weighted by Gasteiger charge is -2.15. The Morgan fingerprint density at radius 1 is 1.61 bits per heavy atom. The predicted molar refractivity (Wildman–Crippen MR) is 66.2 cm³/mol. The summed E-state index contributed by atoms with van der Waals surface area (Å²) in [7, 11) is 0. The zero-order chi connectivity index (χ0) is 13.1. The molecule has 4 N–H and O–H groups in total. The van der Waals surface area contributed by atoms with E-state index in [-0.39, 0.29) is 24.3 Å².